The zero-order chi connectivity index (χ0) is 15.0. The Morgan fingerprint density at radius 3 is 1.90 bits per heavy atom. The zero-order valence-electron chi connectivity index (χ0n) is 10.4. The second-order valence-electron chi connectivity index (χ2n) is 3.77. The number of hydrogen-bond donors (Lipinski definition) is 0. The summed E-state index contributed by atoms with van der Waals surface area (Å²) in [5, 5.41) is 9.28. The third-order valence-electron chi connectivity index (χ3n) is 2.35. The van der Waals surface area contributed by atoms with E-state index in [2.05, 4.69) is 28.1 Å². The van der Waals surface area contributed by atoms with Gasteiger partial charge in [-0.05, 0) is 17.7 Å². The molecule has 0 radical (unpaired) electrons. The lowest BCUT2D eigenvalue weighted by molar-refractivity contribution is -0.137. The molecule has 0 aliphatic rings. The van der Waals surface area contributed by atoms with E-state index in [4.69, 9.17) is 5.26 Å². The molecule has 5 heteroatoms. The van der Waals surface area contributed by atoms with E-state index >= 15 is 0 Å². The molecule has 0 heterocycles. The lowest BCUT2D eigenvalue weighted by Gasteiger charge is -2.06. The number of rotatable bonds is 1. The van der Waals surface area contributed by atoms with Crippen molar-refractivity contribution in [2.75, 3.05) is 0 Å². The normalized spacial score (nSPS) is 10.2. The molecule has 2 aromatic rings. The molecule has 0 fully saturated rings. The molecule has 0 N–H and O–H groups in total. The summed E-state index contributed by atoms with van der Waals surface area (Å²) in [5.74, 6) is 0. The Morgan fingerprint density at radius 1 is 0.950 bits per heavy atom. The number of benzene rings is 2. The van der Waals surface area contributed by atoms with Gasteiger partial charge in [0.25, 0.3) is 0 Å². The predicted molar refractivity (Wildman–Crippen MR) is 75.2 cm³/mol. The van der Waals surface area contributed by atoms with Crippen LogP contribution in [0.1, 0.15) is 16.7 Å². The maximum Gasteiger partial charge on any atom is 0.417 e. The second-order valence-corrected chi connectivity index (χ2v) is 4.34. The number of nitrogens with zero attached hydrogens (tertiary/aromatic N) is 1. The van der Waals surface area contributed by atoms with Crippen molar-refractivity contribution in [2.45, 2.75) is 11.5 Å². The van der Waals surface area contributed by atoms with Crippen molar-refractivity contribution in [3.05, 3.63) is 71.3 Å². The van der Waals surface area contributed by atoms with Crippen molar-refractivity contribution in [3.8, 4) is 6.07 Å². The largest absolute Gasteiger partial charge is 0.417 e. The molecule has 0 aliphatic carbocycles. The van der Waals surface area contributed by atoms with Gasteiger partial charge in [-0.15, -0.1) is 0 Å². The van der Waals surface area contributed by atoms with Crippen LogP contribution in [0.25, 0.3) is 0 Å². The zero-order valence-corrected chi connectivity index (χ0v) is 11.9. The molecule has 20 heavy (non-hydrogen) atoms. The van der Waals surface area contributed by atoms with Crippen molar-refractivity contribution in [3.63, 3.8) is 0 Å². The van der Waals surface area contributed by atoms with E-state index in [0.717, 1.165) is 17.5 Å². The van der Waals surface area contributed by atoms with E-state index in [-0.39, 0.29) is 5.56 Å². The van der Waals surface area contributed by atoms with Gasteiger partial charge in [-0.3, -0.25) is 0 Å². The van der Waals surface area contributed by atoms with E-state index in [1.54, 1.807) is 0 Å². The molecular weight excluding hydrogens is 331 g/mol. The van der Waals surface area contributed by atoms with Crippen LogP contribution in [0.3, 0.4) is 0 Å². The SMILES string of the molecule is BrCc1ccccc1.N#Cc1ccccc1C(F)(F)F. The van der Waals surface area contributed by atoms with Gasteiger partial charge in [-0.2, -0.15) is 18.4 Å². The molecular formula is C15H11BrF3N. The van der Waals surface area contributed by atoms with Gasteiger partial charge in [0, 0.05) is 5.33 Å². The van der Waals surface area contributed by atoms with E-state index in [0.29, 0.717) is 0 Å². The Morgan fingerprint density at radius 2 is 1.50 bits per heavy atom. The first kappa shape index (κ1) is 16.3. The summed E-state index contributed by atoms with van der Waals surface area (Å²) in [7, 11) is 0. The summed E-state index contributed by atoms with van der Waals surface area (Å²) in [6.07, 6.45) is -4.44. The fraction of sp³-hybridized carbons (Fsp3) is 0.133. The van der Waals surface area contributed by atoms with Crippen LogP contribution in [0, 0.1) is 11.3 Å². The molecule has 2 aromatic carbocycles. The molecule has 0 amide bonds. The number of nitriles is 1. The maximum atomic E-state index is 12.1. The standard InChI is InChI=1S/C8H4F3N.C7H7Br/c9-8(10,11)7-4-2-1-3-6(7)5-12;8-6-7-4-2-1-3-5-7/h1-4H;1-5H,6H2. The van der Waals surface area contributed by atoms with Gasteiger partial charge in [0.2, 0.25) is 0 Å². The van der Waals surface area contributed by atoms with E-state index in [1.165, 1.54) is 23.8 Å². The molecule has 0 bridgehead atoms. The van der Waals surface area contributed by atoms with Crippen LogP contribution in [-0.4, -0.2) is 0 Å². The van der Waals surface area contributed by atoms with Gasteiger partial charge in [0.05, 0.1) is 17.2 Å². The molecule has 0 aromatic heterocycles. The molecule has 2 rings (SSSR count). The van der Waals surface area contributed by atoms with Gasteiger partial charge >= 0.3 is 6.18 Å². The second kappa shape index (κ2) is 7.71. The van der Waals surface area contributed by atoms with Crippen molar-refractivity contribution >= 4 is 15.9 Å². The van der Waals surface area contributed by atoms with Crippen molar-refractivity contribution in [1.29, 1.82) is 5.26 Å². The smallest absolute Gasteiger partial charge is 0.192 e. The Kier molecular flexibility index (Phi) is 6.26. The monoisotopic (exact) mass is 341 g/mol. The lowest BCUT2D eigenvalue weighted by Crippen LogP contribution is -2.06. The first-order valence-electron chi connectivity index (χ1n) is 5.65. The van der Waals surface area contributed by atoms with Crippen LogP contribution < -0.4 is 0 Å². The van der Waals surface area contributed by atoms with Crippen molar-refractivity contribution in [1.82, 2.24) is 0 Å². The van der Waals surface area contributed by atoms with Crippen molar-refractivity contribution in [2.24, 2.45) is 0 Å². The molecule has 0 unspecified atom stereocenters. The average molecular weight is 342 g/mol. The van der Waals surface area contributed by atoms with E-state index < -0.39 is 11.7 Å². The Hall–Kier alpha value is -1.80. The number of alkyl halides is 4. The molecule has 1 nitrogen and oxygen atoms in total. The van der Waals surface area contributed by atoms with E-state index in [1.807, 2.05) is 18.2 Å². The van der Waals surface area contributed by atoms with Crippen LogP contribution in [0.2, 0.25) is 0 Å². The fourth-order valence-corrected chi connectivity index (χ4v) is 1.77. The highest BCUT2D eigenvalue weighted by molar-refractivity contribution is 9.08. The molecule has 0 saturated carbocycles. The van der Waals surface area contributed by atoms with Gasteiger partial charge in [0.15, 0.2) is 0 Å². The maximum absolute atomic E-state index is 12.1. The van der Waals surface area contributed by atoms with Gasteiger partial charge in [-0.1, -0.05) is 58.4 Å². The minimum Gasteiger partial charge on any atom is -0.192 e. The van der Waals surface area contributed by atoms with Crippen LogP contribution in [-0.2, 0) is 11.5 Å². The highest BCUT2D eigenvalue weighted by atomic mass is 79.9. The van der Waals surface area contributed by atoms with Crippen LogP contribution in [0.15, 0.2) is 54.6 Å². The van der Waals surface area contributed by atoms with Crippen LogP contribution in [0.5, 0.6) is 0 Å². The minimum atomic E-state index is -4.44. The van der Waals surface area contributed by atoms with Gasteiger partial charge < -0.3 is 0 Å². The molecule has 0 saturated heterocycles. The van der Waals surface area contributed by atoms with Crippen molar-refractivity contribution < 1.29 is 13.2 Å². The molecule has 104 valence electrons. The topological polar surface area (TPSA) is 23.8 Å². The first-order valence-corrected chi connectivity index (χ1v) is 6.77. The quantitative estimate of drug-likeness (QED) is 0.657. The van der Waals surface area contributed by atoms with Crippen LogP contribution >= 0.6 is 15.9 Å². The minimum absolute atomic E-state index is 0.343. The number of hydrogen-bond acceptors (Lipinski definition) is 1. The summed E-state index contributed by atoms with van der Waals surface area (Å²) < 4.78 is 36.3. The summed E-state index contributed by atoms with van der Waals surface area (Å²) in [4.78, 5) is 0. The highest BCUT2D eigenvalue weighted by Gasteiger charge is 2.32. The van der Waals surface area contributed by atoms with Crippen LogP contribution in [0.4, 0.5) is 13.2 Å². The third kappa shape index (κ3) is 5.06. The Bertz CT molecular complexity index is 574. The fourth-order valence-electron chi connectivity index (χ4n) is 1.39. The molecule has 0 atom stereocenters. The molecule has 0 spiro atoms. The van der Waals surface area contributed by atoms with E-state index in [9.17, 15) is 13.2 Å². The summed E-state index contributed by atoms with van der Waals surface area (Å²) >= 11 is 3.36. The third-order valence-corrected chi connectivity index (χ3v) is 3.00. The van der Waals surface area contributed by atoms with Gasteiger partial charge in [-0.25, -0.2) is 0 Å². The lowest BCUT2D eigenvalue weighted by atomic mass is 10.1. The molecule has 0 aliphatic heterocycles. The highest BCUT2D eigenvalue weighted by Crippen LogP contribution is 2.31. The summed E-state index contributed by atoms with van der Waals surface area (Å²) in [5.41, 5.74) is 0.102. The Balaban J connectivity index is 0.000000217. The summed E-state index contributed by atoms with van der Waals surface area (Å²) in [6, 6.07) is 16.4. The Labute approximate surface area is 123 Å². The average Bonchev–Trinajstić information content (AvgIpc) is 2.48. The first-order chi connectivity index (χ1) is 9.49. The summed E-state index contributed by atoms with van der Waals surface area (Å²) in [6.45, 7) is 0. The predicted octanol–water partition coefficient (Wildman–Crippen LogP) is 5.16. The van der Waals surface area contributed by atoms with Gasteiger partial charge in [0.1, 0.15) is 0 Å². The number of halogens is 4.